The summed E-state index contributed by atoms with van der Waals surface area (Å²) in [6.45, 7) is 11.8. The van der Waals surface area contributed by atoms with Crippen molar-refractivity contribution < 1.29 is 19.1 Å². The molecule has 0 bridgehead atoms. The van der Waals surface area contributed by atoms with E-state index in [1.54, 1.807) is 12.1 Å². The van der Waals surface area contributed by atoms with E-state index in [9.17, 15) is 9.59 Å². The van der Waals surface area contributed by atoms with Gasteiger partial charge in [0.15, 0.2) is 6.29 Å². The first-order valence-corrected chi connectivity index (χ1v) is 9.12. The second kappa shape index (κ2) is 8.70. The Bertz CT molecular complexity index is 610. The molecule has 5 nitrogen and oxygen atoms in total. The Hall–Kier alpha value is -1.56. The molecule has 1 rings (SSSR count). The van der Waals surface area contributed by atoms with E-state index in [0.29, 0.717) is 23.7 Å². The Morgan fingerprint density at radius 2 is 1.92 bits per heavy atom. The van der Waals surface area contributed by atoms with Crippen molar-refractivity contribution in [2.45, 2.75) is 59.1 Å². The minimum Gasteiger partial charge on any atom is -0.490 e. The summed E-state index contributed by atoms with van der Waals surface area (Å²) in [5.41, 5.74) is -0.734. The number of benzene rings is 1. The average molecular weight is 414 g/mol. The molecule has 0 spiro atoms. The van der Waals surface area contributed by atoms with Crippen LogP contribution in [-0.2, 0) is 4.74 Å². The number of halogens is 1. The number of rotatable bonds is 7. The van der Waals surface area contributed by atoms with Crippen LogP contribution in [0.3, 0.4) is 0 Å². The van der Waals surface area contributed by atoms with Gasteiger partial charge in [-0.25, -0.2) is 4.79 Å². The molecule has 0 saturated heterocycles. The molecular formula is C19H28BrNO4. The monoisotopic (exact) mass is 413 g/mol. The Kier molecular flexibility index (Phi) is 7.47. The Balaban J connectivity index is 2.88. The third kappa shape index (κ3) is 7.90. The first-order valence-electron chi connectivity index (χ1n) is 8.33. The molecule has 25 heavy (non-hydrogen) atoms. The predicted octanol–water partition coefficient (Wildman–Crippen LogP) is 4.97. The van der Waals surface area contributed by atoms with Gasteiger partial charge in [0.2, 0.25) is 0 Å². The van der Waals surface area contributed by atoms with Crippen molar-refractivity contribution in [2.24, 2.45) is 5.92 Å². The van der Waals surface area contributed by atoms with E-state index in [4.69, 9.17) is 9.47 Å². The number of hydrogen-bond donors (Lipinski definition) is 1. The van der Waals surface area contributed by atoms with Crippen molar-refractivity contribution in [2.75, 3.05) is 6.61 Å². The molecule has 0 aliphatic carbocycles. The summed E-state index contributed by atoms with van der Waals surface area (Å²) in [5, 5.41) is 2.92. The minimum absolute atomic E-state index is 0.229. The number of carbonyl (C=O) groups excluding carboxylic acids is 2. The standard InChI is InChI=1S/C19H28BrNO4/c1-13(2)10-19(6,21-17(23)25-18(3,4)5)12-24-16-8-7-15(20)9-14(16)11-22/h7-9,11,13H,10,12H2,1-6H3,(H,21,23)/t19-/m0/s1. The van der Waals surface area contributed by atoms with Gasteiger partial charge in [-0.1, -0.05) is 29.8 Å². The van der Waals surface area contributed by atoms with E-state index in [-0.39, 0.29) is 6.61 Å². The number of carbonyl (C=O) groups is 2. The molecule has 0 fully saturated rings. The first-order chi connectivity index (χ1) is 11.4. The van der Waals surface area contributed by atoms with Gasteiger partial charge >= 0.3 is 6.09 Å². The van der Waals surface area contributed by atoms with E-state index in [1.165, 1.54) is 0 Å². The molecule has 0 aromatic heterocycles. The maximum atomic E-state index is 12.2. The maximum absolute atomic E-state index is 12.2. The Labute approximate surface area is 158 Å². The zero-order valence-corrected chi connectivity index (χ0v) is 17.4. The quantitative estimate of drug-likeness (QED) is 0.640. The minimum atomic E-state index is -0.621. The van der Waals surface area contributed by atoms with Crippen molar-refractivity contribution >= 4 is 28.3 Å². The molecule has 0 saturated carbocycles. The van der Waals surface area contributed by atoms with Crippen LogP contribution in [0.15, 0.2) is 22.7 Å². The molecule has 0 aliphatic heterocycles. The summed E-state index contributed by atoms with van der Waals surface area (Å²) in [4.78, 5) is 23.4. The zero-order chi connectivity index (χ0) is 19.3. The molecule has 1 aromatic rings. The lowest BCUT2D eigenvalue weighted by molar-refractivity contribution is 0.0407. The lowest BCUT2D eigenvalue weighted by Crippen LogP contribution is -2.52. The SMILES string of the molecule is CC(C)C[C@@](C)(COc1ccc(Br)cc1C=O)NC(=O)OC(C)(C)C. The van der Waals surface area contributed by atoms with Crippen LogP contribution >= 0.6 is 15.9 Å². The smallest absolute Gasteiger partial charge is 0.408 e. The van der Waals surface area contributed by atoms with E-state index in [2.05, 4.69) is 35.1 Å². The van der Waals surface area contributed by atoms with Crippen LogP contribution in [0, 0.1) is 5.92 Å². The summed E-state index contributed by atoms with van der Waals surface area (Å²) in [6.07, 6.45) is 0.978. The molecule has 1 aromatic carbocycles. The van der Waals surface area contributed by atoms with Gasteiger partial charge in [-0.15, -0.1) is 0 Å². The molecule has 0 heterocycles. The number of alkyl carbamates (subject to hydrolysis) is 1. The molecule has 140 valence electrons. The van der Waals surface area contributed by atoms with Gasteiger partial charge in [-0.05, 0) is 58.2 Å². The van der Waals surface area contributed by atoms with Crippen molar-refractivity contribution in [1.82, 2.24) is 5.32 Å². The highest BCUT2D eigenvalue weighted by Gasteiger charge is 2.31. The normalized spacial score (nSPS) is 13.9. The summed E-state index contributed by atoms with van der Waals surface area (Å²) in [5.74, 6) is 0.832. The predicted molar refractivity (Wildman–Crippen MR) is 102 cm³/mol. The lowest BCUT2D eigenvalue weighted by atomic mass is 9.91. The molecule has 0 radical (unpaired) electrons. The largest absolute Gasteiger partial charge is 0.490 e. The van der Waals surface area contributed by atoms with Gasteiger partial charge in [-0.3, -0.25) is 4.79 Å². The average Bonchev–Trinajstić information content (AvgIpc) is 2.42. The number of hydrogen-bond acceptors (Lipinski definition) is 4. The van der Waals surface area contributed by atoms with Crippen molar-refractivity contribution in [3.8, 4) is 5.75 Å². The van der Waals surface area contributed by atoms with Gasteiger partial charge in [0.1, 0.15) is 18.0 Å². The number of aldehydes is 1. The molecule has 1 atom stereocenters. The second-order valence-corrected chi connectivity index (χ2v) is 8.79. The van der Waals surface area contributed by atoms with Crippen molar-refractivity contribution in [3.63, 3.8) is 0 Å². The van der Waals surface area contributed by atoms with E-state index < -0.39 is 17.2 Å². The lowest BCUT2D eigenvalue weighted by Gasteiger charge is -2.33. The van der Waals surface area contributed by atoms with Crippen molar-refractivity contribution in [3.05, 3.63) is 28.2 Å². The Morgan fingerprint density at radius 3 is 2.44 bits per heavy atom. The highest BCUT2D eigenvalue weighted by Crippen LogP contribution is 2.25. The summed E-state index contributed by atoms with van der Waals surface area (Å²) < 4.78 is 12.0. The van der Waals surface area contributed by atoms with Crippen LogP contribution in [0.4, 0.5) is 4.79 Å². The topological polar surface area (TPSA) is 64.6 Å². The van der Waals surface area contributed by atoms with Crippen LogP contribution in [0.5, 0.6) is 5.75 Å². The van der Waals surface area contributed by atoms with Crippen LogP contribution in [0.25, 0.3) is 0 Å². The van der Waals surface area contributed by atoms with Gasteiger partial charge < -0.3 is 14.8 Å². The Morgan fingerprint density at radius 1 is 1.28 bits per heavy atom. The van der Waals surface area contributed by atoms with E-state index in [0.717, 1.165) is 10.8 Å². The summed E-state index contributed by atoms with van der Waals surface area (Å²) in [7, 11) is 0. The number of nitrogens with one attached hydrogen (secondary N) is 1. The van der Waals surface area contributed by atoms with Gasteiger partial charge in [0.05, 0.1) is 11.1 Å². The molecule has 0 aliphatic rings. The molecule has 0 unspecified atom stereocenters. The highest BCUT2D eigenvalue weighted by atomic mass is 79.9. The van der Waals surface area contributed by atoms with E-state index >= 15 is 0 Å². The molecule has 1 N–H and O–H groups in total. The third-order valence-electron chi connectivity index (χ3n) is 3.31. The summed E-state index contributed by atoms with van der Waals surface area (Å²) in [6, 6.07) is 5.24. The molecule has 1 amide bonds. The summed E-state index contributed by atoms with van der Waals surface area (Å²) >= 11 is 3.33. The first kappa shape index (κ1) is 21.5. The van der Waals surface area contributed by atoms with Crippen LogP contribution in [0.2, 0.25) is 0 Å². The van der Waals surface area contributed by atoms with Gasteiger partial charge in [-0.2, -0.15) is 0 Å². The highest BCUT2D eigenvalue weighted by molar-refractivity contribution is 9.10. The second-order valence-electron chi connectivity index (χ2n) is 7.87. The number of amides is 1. The van der Waals surface area contributed by atoms with Crippen LogP contribution < -0.4 is 10.1 Å². The fraction of sp³-hybridized carbons (Fsp3) is 0.579. The van der Waals surface area contributed by atoms with Gasteiger partial charge in [0.25, 0.3) is 0 Å². The fourth-order valence-corrected chi connectivity index (χ4v) is 2.96. The maximum Gasteiger partial charge on any atom is 0.408 e. The van der Waals surface area contributed by atoms with Crippen molar-refractivity contribution in [1.29, 1.82) is 0 Å². The third-order valence-corrected chi connectivity index (χ3v) is 3.80. The fourth-order valence-electron chi connectivity index (χ4n) is 2.58. The van der Waals surface area contributed by atoms with Gasteiger partial charge in [0, 0.05) is 4.47 Å². The van der Waals surface area contributed by atoms with E-state index in [1.807, 2.05) is 33.8 Å². The molecular weight excluding hydrogens is 386 g/mol. The molecule has 6 heteroatoms. The zero-order valence-electron chi connectivity index (χ0n) is 15.8. The van der Waals surface area contributed by atoms with Crippen LogP contribution in [0.1, 0.15) is 58.3 Å². The number of ether oxygens (including phenoxy) is 2. The van der Waals surface area contributed by atoms with Crippen LogP contribution in [-0.4, -0.2) is 30.1 Å².